The highest BCUT2D eigenvalue weighted by Gasteiger charge is 2.25. The van der Waals surface area contributed by atoms with Gasteiger partial charge in [0.15, 0.2) is 11.5 Å². The lowest BCUT2D eigenvalue weighted by Gasteiger charge is -2.34. The number of benzene rings is 2. The molecule has 32 heavy (non-hydrogen) atoms. The summed E-state index contributed by atoms with van der Waals surface area (Å²) in [6, 6.07) is 15.1. The maximum absolute atomic E-state index is 13.0. The van der Waals surface area contributed by atoms with Crippen LogP contribution in [0, 0.1) is 0 Å². The number of rotatable bonds is 7. The maximum Gasteiger partial charge on any atom is 0.276 e. The van der Waals surface area contributed by atoms with E-state index in [0.29, 0.717) is 35.9 Å². The highest BCUT2D eigenvalue weighted by atomic mass is 16.5. The number of piperazine rings is 1. The monoisotopic (exact) mass is 437 g/mol. The minimum Gasteiger partial charge on any atom is -0.497 e. The lowest BCUT2D eigenvalue weighted by atomic mass is 10.1. The molecule has 0 bridgehead atoms. The van der Waals surface area contributed by atoms with Gasteiger partial charge in [0.25, 0.3) is 5.91 Å². The van der Waals surface area contributed by atoms with Crippen LogP contribution in [0.15, 0.2) is 53.1 Å². The van der Waals surface area contributed by atoms with Gasteiger partial charge in [-0.2, -0.15) is 0 Å². The molecule has 0 aliphatic carbocycles. The largest absolute Gasteiger partial charge is 0.497 e. The molecule has 0 unspecified atom stereocenters. The van der Waals surface area contributed by atoms with Gasteiger partial charge >= 0.3 is 0 Å². The molecule has 1 fully saturated rings. The molecule has 2 aromatic carbocycles. The van der Waals surface area contributed by atoms with Crippen LogP contribution < -0.4 is 14.2 Å². The number of carbonyl (C=O) groups excluding carboxylic acids is 1. The fraction of sp³-hybridized carbons (Fsp3) is 0.333. The van der Waals surface area contributed by atoms with Crippen molar-refractivity contribution in [2.75, 3.05) is 47.5 Å². The molecule has 2 heterocycles. The first-order chi connectivity index (χ1) is 15.6. The van der Waals surface area contributed by atoms with Crippen LogP contribution in [0.3, 0.4) is 0 Å². The second kappa shape index (κ2) is 9.74. The first-order valence-corrected chi connectivity index (χ1v) is 10.4. The van der Waals surface area contributed by atoms with Gasteiger partial charge in [-0.3, -0.25) is 9.69 Å². The molecule has 1 amide bonds. The first kappa shape index (κ1) is 21.7. The highest BCUT2D eigenvalue weighted by Crippen LogP contribution is 2.34. The van der Waals surface area contributed by atoms with Gasteiger partial charge in [-0.1, -0.05) is 17.3 Å². The zero-order valence-electron chi connectivity index (χ0n) is 18.5. The third-order valence-electron chi connectivity index (χ3n) is 5.63. The predicted octanol–water partition coefficient (Wildman–Crippen LogP) is 3.33. The van der Waals surface area contributed by atoms with E-state index in [1.165, 1.54) is 5.56 Å². The maximum atomic E-state index is 13.0. The molecule has 8 heteroatoms. The van der Waals surface area contributed by atoms with Crippen molar-refractivity contribution in [3.63, 3.8) is 0 Å². The summed E-state index contributed by atoms with van der Waals surface area (Å²) < 4.78 is 21.4. The zero-order valence-corrected chi connectivity index (χ0v) is 18.5. The minimum absolute atomic E-state index is 0.133. The number of ether oxygens (including phenoxy) is 3. The van der Waals surface area contributed by atoms with Crippen LogP contribution in [0.2, 0.25) is 0 Å². The topological polar surface area (TPSA) is 77.3 Å². The Balaban J connectivity index is 1.38. The van der Waals surface area contributed by atoms with E-state index in [0.717, 1.165) is 25.4 Å². The second-order valence-electron chi connectivity index (χ2n) is 7.56. The van der Waals surface area contributed by atoms with Gasteiger partial charge in [-0.05, 0) is 35.9 Å². The average molecular weight is 437 g/mol. The number of carbonyl (C=O) groups is 1. The molecule has 0 saturated carbocycles. The summed E-state index contributed by atoms with van der Waals surface area (Å²) in [6.07, 6.45) is 0. The fourth-order valence-corrected chi connectivity index (χ4v) is 3.77. The quantitative estimate of drug-likeness (QED) is 0.561. The smallest absolute Gasteiger partial charge is 0.276 e. The predicted molar refractivity (Wildman–Crippen MR) is 119 cm³/mol. The third kappa shape index (κ3) is 4.70. The van der Waals surface area contributed by atoms with Crippen LogP contribution in [0.25, 0.3) is 11.3 Å². The molecule has 1 aliphatic heterocycles. The molecule has 168 valence electrons. The summed E-state index contributed by atoms with van der Waals surface area (Å²) in [5.74, 6) is 2.46. The highest BCUT2D eigenvalue weighted by molar-refractivity contribution is 5.93. The normalized spacial score (nSPS) is 14.3. The van der Waals surface area contributed by atoms with E-state index < -0.39 is 0 Å². The number of amides is 1. The zero-order chi connectivity index (χ0) is 22.5. The molecule has 0 radical (unpaired) electrons. The number of hydrogen-bond acceptors (Lipinski definition) is 7. The molecule has 3 aromatic rings. The van der Waals surface area contributed by atoms with Crippen molar-refractivity contribution in [1.29, 1.82) is 0 Å². The van der Waals surface area contributed by atoms with Crippen molar-refractivity contribution in [3.05, 3.63) is 59.8 Å². The van der Waals surface area contributed by atoms with E-state index in [-0.39, 0.29) is 11.6 Å². The second-order valence-corrected chi connectivity index (χ2v) is 7.56. The average Bonchev–Trinajstić information content (AvgIpc) is 3.34. The van der Waals surface area contributed by atoms with E-state index in [1.54, 1.807) is 45.6 Å². The lowest BCUT2D eigenvalue weighted by Crippen LogP contribution is -2.48. The van der Waals surface area contributed by atoms with Crippen LogP contribution in [0.4, 0.5) is 0 Å². The van der Waals surface area contributed by atoms with Crippen LogP contribution in [-0.4, -0.2) is 68.4 Å². The molecule has 1 aromatic heterocycles. The summed E-state index contributed by atoms with van der Waals surface area (Å²) in [7, 11) is 4.84. The van der Waals surface area contributed by atoms with Crippen molar-refractivity contribution in [1.82, 2.24) is 15.0 Å². The Morgan fingerprint density at radius 1 is 0.906 bits per heavy atom. The summed E-state index contributed by atoms with van der Waals surface area (Å²) in [4.78, 5) is 17.1. The van der Waals surface area contributed by atoms with E-state index >= 15 is 0 Å². The molecular formula is C24H27N3O5. The molecule has 0 spiro atoms. The Labute approximate surface area is 187 Å². The summed E-state index contributed by atoms with van der Waals surface area (Å²) >= 11 is 0. The molecule has 0 atom stereocenters. The SMILES string of the molecule is COc1ccc(CN2CCN(C(=O)c3cc(-c4cc(OC)ccc4OC)on3)CC2)cc1. The van der Waals surface area contributed by atoms with Crippen LogP contribution in [0.1, 0.15) is 16.1 Å². The first-order valence-electron chi connectivity index (χ1n) is 10.4. The van der Waals surface area contributed by atoms with E-state index in [2.05, 4.69) is 22.2 Å². The Morgan fingerprint density at radius 2 is 1.59 bits per heavy atom. The van der Waals surface area contributed by atoms with Gasteiger partial charge in [0.2, 0.25) is 0 Å². The van der Waals surface area contributed by atoms with Gasteiger partial charge in [-0.15, -0.1) is 0 Å². The Kier molecular flexibility index (Phi) is 6.61. The number of nitrogens with zero attached hydrogens (tertiary/aromatic N) is 3. The number of methoxy groups -OCH3 is 3. The summed E-state index contributed by atoms with van der Waals surface area (Å²) in [5.41, 5.74) is 2.19. The van der Waals surface area contributed by atoms with Crippen molar-refractivity contribution in [2.24, 2.45) is 0 Å². The van der Waals surface area contributed by atoms with E-state index in [4.69, 9.17) is 18.7 Å². The van der Waals surface area contributed by atoms with Crippen LogP contribution in [0.5, 0.6) is 17.2 Å². The molecule has 0 N–H and O–H groups in total. The molecule has 8 nitrogen and oxygen atoms in total. The molecule has 4 rings (SSSR count). The van der Waals surface area contributed by atoms with Gasteiger partial charge in [0.05, 0.1) is 26.9 Å². The molecular weight excluding hydrogens is 410 g/mol. The van der Waals surface area contributed by atoms with Crippen molar-refractivity contribution in [2.45, 2.75) is 6.54 Å². The Bertz CT molecular complexity index is 1060. The van der Waals surface area contributed by atoms with Crippen LogP contribution in [-0.2, 0) is 6.54 Å². The molecule has 1 saturated heterocycles. The van der Waals surface area contributed by atoms with Gasteiger partial charge in [0.1, 0.15) is 17.2 Å². The standard InChI is InChI=1S/C24H27N3O5/c1-29-18-6-4-17(5-7-18)16-26-10-12-27(13-11-26)24(28)21-15-23(32-25-21)20-14-19(30-2)8-9-22(20)31-3/h4-9,14-15H,10-13,16H2,1-3H3. The van der Waals surface area contributed by atoms with Gasteiger partial charge in [-0.25, -0.2) is 0 Å². The van der Waals surface area contributed by atoms with E-state index in [1.807, 2.05) is 17.0 Å². The number of aromatic nitrogens is 1. The fourth-order valence-electron chi connectivity index (χ4n) is 3.77. The summed E-state index contributed by atoms with van der Waals surface area (Å²) in [5, 5.41) is 4.01. The Hall–Kier alpha value is -3.52. The van der Waals surface area contributed by atoms with Gasteiger partial charge in [0, 0.05) is 38.8 Å². The molecule has 1 aliphatic rings. The van der Waals surface area contributed by atoms with Crippen molar-refractivity contribution < 1.29 is 23.5 Å². The summed E-state index contributed by atoms with van der Waals surface area (Å²) in [6.45, 7) is 3.72. The number of hydrogen-bond donors (Lipinski definition) is 0. The minimum atomic E-state index is -0.133. The van der Waals surface area contributed by atoms with Crippen molar-refractivity contribution >= 4 is 5.91 Å². The van der Waals surface area contributed by atoms with Crippen molar-refractivity contribution in [3.8, 4) is 28.6 Å². The van der Waals surface area contributed by atoms with E-state index in [9.17, 15) is 4.79 Å². The van der Waals surface area contributed by atoms with Crippen LogP contribution >= 0.6 is 0 Å². The lowest BCUT2D eigenvalue weighted by molar-refractivity contribution is 0.0618. The van der Waals surface area contributed by atoms with Gasteiger partial charge < -0.3 is 23.6 Å². The third-order valence-corrected chi connectivity index (χ3v) is 5.63. The Morgan fingerprint density at radius 3 is 2.25 bits per heavy atom.